The van der Waals surface area contributed by atoms with Crippen LogP contribution in [0.4, 0.5) is 4.79 Å². The summed E-state index contributed by atoms with van der Waals surface area (Å²) in [5.41, 5.74) is 0.954. The molecule has 6 heteroatoms. The zero-order chi connectivity index (χ0) is 13.5. The minimum Gasteiger partial charge on any atom is -0.480 e. The van der Waals surface area contributed by atoms with Crippen LogP contribution in [0.3, 0.4) is 0 Å². The van der Waals surface area contributed by atoms with Gasteiger partial charge < -0.3 is 15.2 Å². The Morgan fingerprint density at radius 1 is 1.39 bits per heavy atom. The van der Waals surface area contributed by atoms with Gasteiger partial charge in [-0.25, -0.2) is 9.59 Å². The van der Waals surface area contributed by atoms with E-state index in [1.807, 2.05) is 30.3 Å². The van der Waals surface area contributed by atoms with Gasteiger partial charge in [0.1, 0.15) is 6.04 Å². The fourth-order valence-corrected chi connectivity index (χ4v) is 2.11. The second-order valence-electron chi connectivity index (χ2n) is 3.64. The van der Waals surface area contributed by atoms with Crippen LogP contribution in [0.5, 0.6) is 0 Å². The van der Waals surface area contributed by atoms with Crippen LogP contribution in [0, 0.1) is 0 Å². The van der Waals surface area contributed by atoms with Crippen molar-refractivity contribution in [3.8, 4) is 0 Å². The first-order chi connectivity index (χ1) is 8.54. The molecule has 0 aromatic heterocycles. The zero-order valence-electron chi connectivity index (χ0n) is 9.80. The molecule has 2 N–H and O–H groups in total. The number of carboxylic acid groups (broad SMARTS) is 1. The van der Waals surface area contributed by atoms with Gasteiger partial charge in [-0.2, -0.15) is 0 Å². The molecule has 0 radical (unpaired) electrons. The number of carbonyl (C=O) groups excluding carboxylic acids is 1. The van der Waals surface area contributed by atoms with Crippen LogP contribution in [-0.4, -0.2) is 30.3 Å². The Hall–Kier alpha value is -1.56. The molecule has 1 rings (SSSR count). The van der Waals surface area contributed by atoms with Gasteiger partial charge in [0.25, 0.3) is 0 Å². The number of methoxy groups -OCH3 is 1. The number of benzene rings is 1. The third-order valence-corrected chi connectivity index (χ3v) is 3.28. The number of alkyl halides is 1. The molecule has 0 spiro atoms. The Bertz CT molecular complexity index is 410. The van der Waals surface area contributed by atoms with E-state index in [1.165, 1.54) is 7.11 Å². The maximum absolute atomic E-state index is 11.0. The van der Waals surface area contributed by atoms with Gasteiger partial charge in [-0.3, -0.25) is 0 Å². The molecule has 0 saturated heterocycles. The topological polar surface area (TPSA) is 75.6 Å². The Kier molecular flexibility index (Phi) is 5.64. The van der Waals surface area contributed by atoms with Gasteiger partial charge in [-0.05, 0) is 12.0 Å². The highest BCUT2D eigenvalue weighted by Gasteiger charge is 2.24. The number of aliphatic carboxylic acids is 1. The molecule has 0 aliphatic heterocycles. The van der Waals surface area contributed by atoms with E-state index in [0.717, 1.165) is 5.56 Å². The average Bonchev–Trinajstić information content (AvgIpc) is 2.38. The minimum atomic E-state index is -1.10. The van der Waals surface area contributed by atoms with Crippen LogP contribution in [0.15, 0.2) is 30.3 Å². The van der Waals surface area contributed by atoms with E-state index in [0.29, 0.717) is 0 Å². The van der Waals surface area contributed by atoms with Gasteiger partial charge in [0.2, 0.25) is 0 Å². The fourth-order valence-electron chi connectivity index (χ4n) is 1.43. The Morgan fingerprint density at radius 2 is 2.00 bits per heavy atom. The Morgan fingerprint density at radius 3 is 2.50 bits per heavy atom. The summed E-state index contributed by atoms with van der Waals surface area (Å²) in [5.74, 6) is -1.10. The predicted molar refractivity (Wildman–Crippen MR) is 69.7 cm³/mol. The second kappa shape index (κ2) is 7.00. The van der Waals surface area contributed by atoms with Crippen molar-refractivity contribution in [1.29, 1.82) is 0 Å². The van der Waals surface area contributed by atoms with Crippen LogP contribution in [-0.2, 0) is 9.53 Å². The molecule has 0 saturated carbocycles. The van der Waals surface area contributed by atoms with Crippen molar-refractivity contribution in [2.75, 3.05) is 7.11 Å². The number of carboxylic acids is 1. The average molecular weight is 316 g/mol. The molecule has 2 atom stereocenters. The third kappa shape index (κ3) is 4.37. The number of ether oxygens (including phenoxy) is 1. The lowest BCUT2D eigenvalue weighted by Gasteiger charge is -2.17. The lowest BCUT2D eigenvalue weighted by Crippen LogP contribution is -2.41. The number of alkyl carbamates (subject to hydrolysis) is 1. The number of hydrogen-bond acceptors (Lipinski definition) is 3. The maximum atomic E-state index is 11.0. The first-order valence-corrected chi connectivity index (χ1v) is 6.22. The molecule has 0 fully saturated rings. The molecule has 1 aromatic carbocycles. The van der Waals surface area contributed by atoms with Gasteiger partial charge in [0, 0.05) is 4.83 Å². The molecule has 0 bridgehead atoms. The summed E-state index contributed by atoms with van der Waals surface area (Å²) < 4.78 is 4.39. The van der Waals surface area contributed by atoms with Crippen molar-refractivity contribution in [3.05, 3.63) is 35.9 Å². The fraction of sp³-hybridized carbons (Fsp3) is 0.333. The van der Waals surface area contributed by atoms with Crippen molar-refractivity contribution in [2.24, 2.45) is 0 Å². The molecule has 18 heavy (non-hydrogen) atoms. The SMILES string of the molecule is COC(=O)NC(CC(Br)c1ccccc1)C(=O)O. The summed E-state index contributed by atoms with van der Waals surface area (Å²) >= 11 is 3.41. The highest BCUT2D eigenvalue weighted by molar-refractivity contribution is 9.09. The molecule has 5 nitrogen and oxygen atoms in total. The summed E-state index contributed by atoms with van der Waals surface area (Å²) in [5, 5.41) is 11.3. The summed E-state index contributed by atoms with van der Waals surface area (Å²) in [4.78, 5) is 21.9. The summed E-state index contributed by atoms with van der Waals surface area (Å²) in [7, 11) is 1.19. The molecule has 0 heterocycles. The van der Waals surface area contributed by atoms with Gasteiger partial charge in [0.05, 0.1) is 7.11 Å². The van der Waals surface area contributed by atoms with Crippen molar-refractivity contribution < 1.29 is 19.4 Å². The molecule has 0 aliphatic carbocycles. The van der Waals surface area contributed by atoms with Crippen molar-refractivity contribution in [1.82, 2.24) is 5.32 Å². The van der Waals surface area contributed by atoms with Crippen molar-refractivity contribution >= 4 is 28.0 Å². The second-order valence-corrected chi connectivity index (χ2v) is 4.75. The van der Waals surface area contributed by atoms with Gasteiger partial charge in [-0.15, -0.1) is 0 Å². The molecule has 1 amide bonds. The highest BCUT2D eigenvalue weighted by atomic mass is 79.9. The molecule has 98 valence electrons. The smallest absolute Gasteiger partial charge is 0.407 e. The number of halogens is 1. The summed E-state index contributed by atoms with van der Waals surface area (Å²) in [6, 6.07) is 8.39. The van der Waals surface area contributed by atoms with Crippen LogP contribution < -0.4 is 5.32 Å². The molecular weight excluding hydrogens is 302 g/mol. The van der Waals surface area contributed by atoms with E-state index < -0.39 is 18.1 Å². The summed E-state index contributed by atoms with van der Waals surface area (Å²) in [6.07, 6.45) is -0.524. The first-order valence-electron chi connectivity index (χ1n) is 5.31. The largest absolute Gasteiger partial charge is 0.480 e. The first kappa shape index (κ1) is 14.5. The molecular formula is C12H14BrNO4. The van der Waals surface area contributed by atoms with E-state index >= 15 is 0 Å². The molecule has 1 aromatic rings. The summed E-state index contributed by atoms with van der Waals surface area (Å²) in [6.45, 7) is 0. The van der Waals surface area contributed by atoms with Crippen LogP contribution in [0.1, 0.15) is 16.8 Å². The third-order valence-electron chi connectivity index (χ3n) is 2.38. The van der Waals surface area contributed by atoms with E-state index in [2.05, 4.69) is 26.0 Å². The van der Waals surface area contributed by atoms with Crippen LogP contribution in [0.25, 0.3) is 0 Å². The number of rotatable bonds is 5. The quantitative estimate of drug-likeness (QED) is 0.818. The lowest BCUT2D eigenvalue weighted by molar-refractivity contribution is -0.139. The standard InChI is InChI=1S/C12H14BrNO4/c1-18-12(17)14-10(11(15)16)7-9(13)8-5-3-2-4-6-8/h2-6,9-10H,7H2,1H3,(H,14,17)(H,15,16). The van der Waals surface area contributed by atoms with Crippen LogP contribution >= 0.6 is 15.9 Å². The number of nitrogens with one attached hydrogen (secondary N) is 1. The molecule has 2 unspecified atom stereocenters. The van der Waals surface area contributed by atoms with E-state index in [4.69, 9.17) is 5.11 Å². The normalized spacial score (nSPS) is 13.4. The minimum absolute atomic E-state index is 0.156. The Labute approximate surface area is 113 Å². The zero-order valence-corrected chi connectivity index (χ0v) is 11.4. The monoisotopic (exact) mass is 315 g/mol. The number of amides is 1. The highest BCUT2D eigenvalue weighted by Crippen LogP contribution is 2.27. The maximum Gasteiger partial charge on any atom is 0.407 e. The van der Waals surface area contributed by atoms with E-state index in [9.17, 15) is 9.59 Å². The van der Waals surface area contributed by atoms with Crippen molar-refractivity contribution in [3.63, 3.8) is 0 Å². The van der Waals surface area contributed by atoms with Gasteiger partial charge in [-0.1, -0.05) is 46.3 Å². The molecule has 0 aliphatic rings. The van der Waals surface area contributed by atoms with Crippen LogP contribution in [0.2, 0.25) is 0 Å². The lowest BCUT2D eigenvalue weighted by atomic mass is 10.1. The van der Waals surface area contributed by atoms with Gasteiger partial charge in [0.15, 0.2) is 0 Å². The Balaban J connectivity index is 2.66. The van der Waals surface area contributed by atoms with Crippen molar-refractivity contribution in [2.45, 2.75) is 17.3 Å². The predicted octanol–water partition coefficient (Wildman–Crippen LogP) is 2.32. The van der Waals surface area contributed by atoms with E-state index in [1.54, 1.807) is 0 Å². The van der Waals surface area contributed by atoms with E-state index in [-0.39, 0.29) is 11.2 Å². The van der Waals surface area contributed by atoms with Gasteiger partial charge >= 0.3 is 12.1 Å². The number of hydrogen-bond donors (Lipinski definition) is 2. The number of carbonyl (C=O) groups is 2.